The summed E-state index contributed by atoms with van der Waals surface area (Å²) in [5, 5.41) is 6.93. The number of nitrogens with zero attached hydrogens (tertiary/aromatic N) is 4. The van der Waals surface area contributed by atoms with Crippen LogP contribution < -0.4 is 5.32 Å². The lowest BCUT2D eigenvalue weighted by Crippen LogP contribution is -2.50. The number of rotatable bonds is 3. The predicted molar refractivity (Wildman–Crippen MR) is 107 cm³/mol. The van der Waals surface area contributed by atoms with E-state index in [2.05, 4.69) is 26.5 Å². The highest BCUT2D eigenvalue weighted by atomic mass is 19.3. The standard InChI is InChI=1S/C22H21F2N5O/c1-13-25-11-17-16(4-2-3-5-19(17)27-13)14-6-7-29-20(8-14)18(12-26-29)21(30)28-15-9-22(23,24)10-15/h4,6-8,11-12,15H,2-3,5,9-10H2,1H3,(H,28,30). The van der Waals surface area contributed by atoms with Crippen molar-refractivity contribution in [2.45, 2.75) is 51.0 Å². The van der Waals surface area contributed by atoms with Gasteiger partial charge in [0.15, 0.2) is 0 Å². The topological polar surface area (TPSA) is 72.2 Å². The van der Waals surface area contributed by atoms with E-state index < -0.39 is 12.0 Å². The minimum atomic E-state index is -2.67. The SMILES string of the molecule is Cc1ncc2c(n1)CCCC=C2c1ccn2ncc(C(=O)NC3CC(F)(F)C3)c2c1. The second-order valence-electron chi connectivity index (χ2n) is 8.03. The fourth-order valence-corrected chi connectivity index (χ4v) is 4.18. The van der Waals surface area contributed by atoms with Crippen LogP contribution >= 0.6 is 0 Å². The maximum atomic E-state index is 13.1. The van der Waals surface area contributed by atoms with Crippen LogP contribution in [-0.2, 0) is 6.42 Å². The van der Waals surface area contributed by atoms with E-state index >= 15 is 0 Å². The Hall–Kier alpha value is -3.16. The highest BCUT2D eigenvalue weighted by Crippen LogP contribution is 2.37. The summed E-state index contributed by atoms with van der Waals surface area (Å²) in [6.07, 6.45) is 9.54. The molecule has 0 aromatic carbocycles. The van der Waals surface area contributed by atoms with Gasteiger partial charge < -0.3 is 5.32 Å². The summed E-state index contributed by atoms with van der Waals surface area (Å²) in [5.41, 5.74) is 5.03. The first-order chi connectivity index (χ1) is 14.4. The molecule has 0 unspecified atom stereocenters. The molecule has 0 saturated heterocycles. The summed E-state index contributed by atoms with van der Waals surface area (Å²) < 4.78 is 27.8. The van der Waals surface area contributed by atoms with Crippen LogP contribution in [0.15, 0.2) is 36.8 Å². The van der Waals surface area contributed by atoms with Crippen LogP contribution in [-0.4, -0.2) is 37.5 Å². The number of halogens is 2. The molecule has 30 heavy (non-hydrogen) atoms. The van der Waals surface area contributed by atoms with Crippen molar-refractivity contribution in [3.63, 3.8) is 0 Å². The Balaban J connectivity index is 1.49. The molecule has 5 rings (SSSR count). The predicted octanol–water partition coefficient (Wildman–Crippen LogP) is 3.73. The number of aryl methyl sites for hydroxylation is 2. The molecule has 8 heteroatoms. The van der Waals surface area contributed by atoms with E-state index in [1.54, 1.807) is 10.7 Å². The van der Waals surface area contributed by atoms with Crippen molar-refractivity contribution in [3.8, 4) is 0 Å². The molecule has 1 N–H and O–H groups in total. The number of allylic oxidation sites excluding steroid dienone is 1. The molecule has 2 aliphatic carbocycles. The average molecular weight is 409 g/mol. The third kappa shape index (κ3) is 3.36. The summed E-state index contributed by atoms with van der Waals surface area (Å²) in [4.78, 5) is 21.7. The molecule has 0 bridgehead atoms. The zero-order chi connectivity index (χ0) is 20.9. The largest absolute Gasteiger partial charge is 0.349 e. The molecule has 0 spiro atoms. The molecule has 3 heterocycles. The molecule has 1 fully saturated rings. The van der Waals surface area contributed by atoms with Gasteiger partial charge in [0.25, 0.3) is 11.8 Å². The van der Waals surface area contributed by atoms with Gasteiger partial charge in [-0.2, -0.15) is 5.10 Å². The van der Waals surface area contributed by atoms with E-state index in [0.29, 0.717) is 11.1 Å². The van der Waals surface area contributed by atoms with Crippen molar-refractivity contribution in [2.24, 2.45) is 0 Å². The molecule has 154 valence electrons. The lowest BCUT2D eigenvalue weighted by atomic mass is 9.88. The molecule has 0 radical (unpaired) electrons. The van der Waals surface area contributed by atoms with E-state index in [1.807, 2.05) is 25.3 Å². The Morgan fingerprint density at radius 1 is 1.30 bits per heavy atom. The van der Waals surface area contributed by atoms with Gasteiger partial charge in [0.2, 0.25) is 0 Å². The van der Waals surface area contributed by atoms with E-state index in [-0.39, 0.29) is 18.7 Å². The number of hydrogen-bond acceptors (Lipinski definition) is 4. The second-order valence-corrected chi connectivity index (χ2v) is 8.03. The highest BCUT2D eigenvalue weighted by molar-refractivity contribution is 6.01. The summed E-state index contributed by atoms with van der Waals surface area (Å²) in [6.45, 7) is 1.88. The van der Waals surface area contributed by atoms with Gasteiger partial charge in [0, 0.05) is 36.8 Å². The minimum absolute atomic E-state index is 0.313. The summed E-state index contributed by atoms with van der Waals surface area (Å²) in [6, 6.07) is 3.37. The lowest BCUT2D eigenvalue weighted by Gasteiger charge is -2.35. The first-order valence-electron chi connectivity index (χ1n) is 10.1. The molecule has 1 saturated carbocycles. The Kier molecular flexibility index (Phi) is 4.38. The first-order valence-corrected chi connectivity index (χ1v) is 10.1. The number of pyridine rings is 1. The normalized spacial score (nSPS) is 18.3. The third-order valence-corrected chi connectivity index (χ3v) is 5.75. The Morgan fingerprint density at radius 3 is 2.93 bits per heavy atom. The van der Waals surface area contributed by atoms with Crippen LogP contribution in [0.25, 0.3) is 11.1 Å². The Bertz CT molecular complexity index is 1180. The molecule has 0 atom stereocenters. The maximum absolute atomic E-state index is 13.1. The van der Waals surface area contributed by atoms with Crippen LogP contribution in [0, 0.1) is 6.92 Å². The Labute approximate surface area is 172 Å². The van der Waals surface area contributed by atoms with Gasteiger partial charge in [-0.15, -0.1) is 0 Å². The average Bonchev–Trinajstić information content (AvgIpc) is 2.99. The highest BCUT2D eigenvalue weighted by Gasteiger charge is 2.46. The number of nitrogens with one attached hydrogen (secondary N) is 1. The van der Waals surface area contributed by atoms with Crippen molar-refractivity contribution in [1.82, 2.24) is 24.9 Å². The molecule has 3 aromatic heterocycles. The maximum Gasteiger partial charge on any atom is 0.255 e. The molecular formula is C22H21F2N5O. The quantitative estimate of drug-likeness (QED) is 0.716. The monoisotopic (exact) mass is 409 g/mol. The van der Waals surface area contributed by atoms with Crippen molar-refractivity contribution in [1.29, 1.82) is 0 Å². The number of carbonyl (C=O) groups excluding carboxylic acids is 1. The van der Waals surface area contributed by atoms with Crippen molar-refractivity contribution < 1.29 is 13.6 Å². The molecule has 0 aliphatic heterocycles. The van der Waals surface area contributed by atoms with E-state index in [1.165, 1.54) is 6.20 Å². The van der Waals surface area contributed by atoms with Crippen LogP contribution in [0.5, 0.6) is 0 Å². The third-order valence-electron chi connectivity index (χ3n) is 5.75. The van der Waals surface area contributed by atoms with Gasteiger partial charge in [-0.3, -0.25) is 4.79 Å². The van der Waals surface area contributed by atoms with Gasteiger partial charge in [-0.1, -0.05) is 6.08 Å². The van der Waals surface area contributed by atoms with E-state index in [9.17, 15) is 13.6 Å². The van der Waals surface area contributed by atoms with Gasteiger partial charge >= 0.3 is 0 Å². The van der Waals surface area contributed by atoms with Crippen LogP contribution in [0.1, 0.15) is 58.7 Å². The van der Waals surface area contributed by atoms with Gasteiger partial charge in [0.05, 0.1) is 23.0 Å². The summed E-state index contributed by atoms with van der Waals surface area (Å²) in [5.74, 6) is -2.30. The van der Waals surface area contributed by atoms with Gasteiger partial charge in [-0.05, 0) is 49.5 Å². The van der Waals surface area contributed by atoms with Crippen molar-refractivity contribution >= 4 is 17.0 Å². The minimum Gasteiger partial charge on any atom is -0.349 e. The number of amides is 1. The zero-order valence-corrected chi connectivity index (χ0v) is 16.5. The molecule has 1 amide bonds. The van der Waals surface area contributed by atoms with Crippen molar-refractivity contribution in [3.05, 3.63) is 65.0 Å². The van der Waals surface area contributed by atoms with Crippen LogP contribution in [0.4, 0.5) is 8.78 Å². The number of alkyl halides is 2. The zero-order valence-electron chi connectivity index (χ0n) is 16.5. The summed E-state index contributed by atoms with van der Waals surface area (Å²) >= 11 is 0. The lowest BCUT2D eigenvalue weighted by molar-refractivity contribution is -0.0901. The number of fused-ring (bicyclic) bond motifs is 2. The summed E-state index contributed by atoms with van der Waals surface area (Å²) in [7, 11) is 0. The molecule has 3 aromatic rings. The molecule has 6 nitrogen and oxygen atoms in total. The van der Waals surface area contributed by atoms with Gasteiger partial charge in [0.1, 0.15) is 5.82 Å². The second kappa shape index (κ2) is 6.97. The number of aromatic nitrogens is 4. The van der Waals surface area contributed by atoms with E-state index in [0.717, 1.165) is 47.5 Å². The molecular weight excluding hydrogens is 388 g/mol. The fourth-order valence-electron chi connectivity index (χ4n) is 4.18. The van der Waals surface area contributed by atoms with Crippen LogP contribution in [0.2, 0.25) is 0 Å². The van der Waals surface area contributed by atoms with Crippen molar-refractivity contribution in [2.75, 3.05) is 0 Å². The smallest absolute Gasteiger partial charge is 0.255 e. The fraction of sp³-hybridized carbons (Fsp3) is 0.364. The first kappa shape index (κ1) is 18.8. The van der Waals surface area contributed by atoms with Gasteiger partial charge in [-0.25, -0.2) is 23.3 Å². The number of carbonyl (C=O) groups is 1. The number of hydrogen-bond donors (Lipinski definition) is 1. The van der Waals surface area contributed by atoms with Crippen LogP contribution in [0.3, 0.4) is 0 Å². The Morgan fingerprint density at radius 2 is 2.13 bits per heavy atom. The molecule has 2 aliphatic rings. The van der Waals surface area contributed by atoms with E-state index in [4.69, 9.17) is 0 Å².